The number of anilines is 2. The summed E-state index contributed by atoms with van der Waals surface area (Å²) < 4.78 is 29.3. The molecule has 0 atom stereocenters. The average Bonchev–Trinajstić information content (AvgIpc) is 2.76. The Morgan fingerprint density at radius 3 is 2.33 bits per heavy atom. The molecule has 132 valence electrons. The van der Waals surface area contributed by atoms with Gasteiger partial charge in [-0.25, -0.2) is 8.42 Å². The average molecular weight is 371 g/mol. The fourth-order valence-electron chi connectivity index (χ4n) is 2.66. The quantitative estimate of drug-likeness (QED) is 0.846. The Bertz CT molecular complexity index is 842. The van der Waals surface area contributed by atoms with Crippen molar-refractivity contribution in [3.05, 3.63) is 34.6 Å². The molecule has 6 nitrogen and oxygen atoms in total. The number of aryl methyl sites for hydroxylation is 3. The van der Waals surface area contributed by atoms with Gasteiger partial charge in [0, 0.05) is 25.8 Å². The lowest BCUT2D eigenvalue weighted by Gasteiger charge is -2.22. The van der Waals surface area contributed by atoms with E-state index in [4.69, 9.17) is 11.6 Å². The number of nitrogens with one attached hydrogen (secondary N) is 1. The number of hydrogen-bond acceptors (Lipinski definition) is 4. The van der Waals surface area contributed by atoms with Gasteiger partial charge in [-0.1, -0.05) is 11.6 Å². The van der Waals surface area contributed by atoms with E-state index in [1.54, 1.807) is 20.0 Å². The Morgan fingerprint density at radius 1 is 1.25 bits per heavy atom. The van der Waals surface area contributed by atoms with Gasteiger partial charge in [0.2, 0.25) is 0 Å². The maximum Gasteiger partial charge on any atom is 0.266 e. The van der Waals surface area contributed by atoms with Crippen LogP contribution in [0, 0.1) is 13.8 Å². The summed E-state index contributed by atoms with van der Waals surface area (Å²) in [5.74, 6) is 0. The minimum absolute atomic E-state index is 0.0129. The molecule has 0 radical (unpaired) electrons. The summed E-state index contributed by atoms with van der Waals surface area (Å²) >= 11 is 6.08. The SMILES string of the molecule is CCN(CC)c1ccc(NS(=O)(=O)c2c(C)nn(C)c2Cl)c(C)c1. The van der Waals surface area contributed by atoms with Crippen LogP contribution in [-0.2, 0) is 17.1 Å². The second kappa shape index (κ2) is 7.03. The molecule has 1 heterocycles. The maximum absolute atomic E-state index is 12.7. The minimum atomic E-state index is -3.80. The second-order valence-electron chi connectivity index (χ2n) is 5.61. The van der Waals surface area contributed by atoms with Crippen molar-refractivity contribution < 1.29 is 8.42 Å². The molecular weight excluding hydrogens is 348 g/mol. The lowest BCUT2D eigenvalue weighted by Crippen LogP contribution is -2.22. The van der Waals surface area contributed by atoms with Gasteiger partial charge in [-0.05, 0) is 51.5 Å². The highest BCUT2D eigenvalue weighted by Gasteiger charge is 2.25. The van der Waals surface area contributed by atoms with E-state index in [1.165, 1.54) is 4.68 Å². The van der Waals surface area contributed by atoms with Gasteiger partial charge in [0.25, 0.3) is 10.0 Å². The number of benzene rings is 1. The first kappa shape index (κ1) is 18.6. The molecule has 0 aliphatic rings. The van der Waals surface area contributed by atoms with Crippen molar-refractivity contribution in [3.8, 4) is 0 Å². The maximum atomic E-state index is 12.7. The summed E-state index contributed by atoms with van der Waals surface area (Å²) in [7, 11) is -2.19. The van der Waals surface area contributed by atoms with Crippen molar-refractivity contribution in [2.75, 3.05) is 22.7 Å². The van der Waals surface area contributed by atoms with Crippen LogP contribution in [0.4, 0.5) is 11.4 Å². The summed E-state index contributed by atoms with van der Waals surface area (Å²) in [6, 6.07) is 5.66. The van der Waals surface area contributed by atoms with E-state index in [-0.39, 0.29) is 10.0 Å². The van der Waals surface area contributed by atoms with Gasteiger partial charge in [0.15, 0.2) is 0 Å². The van der Waals surface area contributed by atoms with Gasteiger partial charge in [0.05, 0.1) is 11.4 Å². The molecule has 2 rings (SSSR count). The van der Waals surface area contributed by atoms with Crippen molar-refractivity contribution >= 4 is 33.0 Å². The van der Waals surface area contributed by atoms with Crippen LogP contribution < -0.4 is 9.62 Å². The third-order valence-electron chi connectivity index (χ3n) is 3.95. The third kappa shape index (κ3) is 3.52. The van der Waals surface area contributed by atoms with Crippen LogP contribution >= 0.6 is 11.6 Å². The normalized spacial score (nSPS) is 11.6. The number of aromatic nitrogens is 2. The van der Waals surface area contributed by atoms with Crippen molar-refractivity contribution in [2.24, 2.45) is 7.05 Å². The highest BCUT2D eigenvalue weighted by molar-refractivity contribution is 7.92. The smallest absolute Gasteiger partial charge is 0.266 e. The number of rotatable bonds is 6. The molecule has 24 heavy (non-hydrogen) atoms. The summed E-state index contributed by atoms with van der Waals surface area (Å²) in [4.78, 5) is 2.21. The molecule has 0 aliphatic carbocycles. The number of hydrogen-bond donors (Lipinski definition) is 1. The van der Waals surface area contributed by atoms with Crippen LogP contribution in [0.2, 0.25) is 5.15 Å². The Kier molecular flexibility index (Phi) is 5.45. The second-order valence-corrected chi connectivity index (χ2v) is 7.58. The Balaban J connectivity index is 2.37. The topological polar surface area (TPSA) is 67.2 Å². The van der Waals surface area contributed by atoms with Gasteiger partial charge in [-0.2, -0.15) is 5.10 Å². The van der Waals surface area contributed by atoms with Crippen LogP contribution in [0.3, 0.4) is 0 Å². The molecule has 0 fully saturated rings. The van der Waals surface area contributed by atoms with Gasteiger partial charge in [-0.15, -0.1) is 0 Å². The molecule has 1 N–H and O–H groups in total. The Hall–Kier alpha value is -1.73. The van der Waals surface area contributed by atoms with E-state index in [1.807, 2.05) is 19.1 Å². The summed E-state index contributed by atoms with van der Waals surface area (Å²) in [6.07, 6.45) is 0. The summed E-state index contributed by atoms with van der Waals surface area (Å²) in [5, 5.41) is 4.15. The minimum Gasteiger partial charge on any atom is -0.372 e. The molecule has 0 unspecified atom stereocenters. The largest absolute Gasteiger partial charge is 0.372 e. The predicted molar refractivity (Wildman–Crippen MR) is 98.5 cm³/mol. The van der Waals surface area contributed by atoms with Gasteiger partial charge in [0.1, 0.15) is 10.0 Å². The monoisotopic (exact) mass is 370 g/mol. The zero-order chi connectivity index (χ0) is 18.1. The molecule has 2 aromatic rings. The first-order valence-corrected chi connectivity index (χ1v) is 9.64. The highest BCUT2D eigenvalue weighted by atomic mass is 35.5. The molecule has 0 amide bonds. The first-order valence-electron chi connectivity index (χ1n) is 7.78. The molecule has 1 aromatic carbocycles. The van der Waals surface area contributed by atoms with Crippen LogP contribution in [0.15, 0.2) is 23.1 Å². The van der Waals surface area contributed by atoms with Crippen molar-refractivity contribution in [1.82, 2.24) is 9.78 Å². The van der Waals surface area contributed by atoms with Crippen molar-refractivity contribution in [2.45, 2.75) is 32.6 Å². The van der Waals surface area contributed by atoms with Crippen LogP contribution in [0.25, 0.3) is 0 Å². The molecule has 0 saturated heterocycles. The van der Waals surface area contributed by atoms with Crippen LogP contribution in [0.1, 0.15) is 25.1 Å². The lowest BCUT2D eigenvalue weighted by atomic mass is 10.1. The molecule has 1 aromatic heterocycles. The summed E-state index contributed by atoms with van der Waals surface area (Å²) in [5.41, 5.74) is 2.81. The van der Waals surface area contributed by atoms with Crippen LogP contribution in [0.5, 0.6) is 0 Å². The summed E-state index contributed by atoms with van der Waals surface area (Å²) in [6.45, 7) is 9.46. The van der Waals surface area contributed by atoms with E-state index in [0.717, 1.165) is 24.3 Å². The van der Waals surface area contributed by atoms with Crippen molar-refractivity contribution in [1.29, 1.82) is 0 Å². The molecular formula is C16H23ClN4O2S. The number of sulfonamides is 1. The fraction of sp³-hybridized carbons (Fsp3) is 0.438. The van der Waals surface area contributed by atoms with Gasteiger partial charge >= 0.3 is 0 Å². The Labute approximate surface area is 148 Å². The lowest BCUT2D eigenvalue weighted by molar-refractivity contribution is 0.600. The predicted octanol–water partition coefficient (Wildman–Crippen LogP) is 3.34. The molecule has 0 saturated carbocycles. The van der Waals surface area contributed by atoms with E-state index in [9.17, 15) is 8.42 Å². The molecule has 0 spiro atoms. The fourth-order valence-corrected chi connectivity index (χ4v) is 4.54. The van der Waals surface area contributed by atoms with E-state index < -0.39 is 10.0 Å². The van der Waals surface area contributed by atoms with E-state index >= 15 is 0 Å². The number of nitrogens with zero attached hydrogens (tertiary/aromatic N) is 3. The molecule has 8 heteroatoms. The molecule has 0 aliphatic heterocycles. The first-order chi connectivity index (χ1) is 11.2. The zero-order valence-corrected chi connectivity index (χ0v) is 16.2. The third-order valence-corrected chi connectivity index (χ3v) is 6.01. The Morgan fingerprint density at radius 2 is 1.88 bits per heavy atom. The van der Waals surface area contributed by atoms with Crippen LogP contribution in [-0.4, -0.2) is 31.3 Å². The number of halogens is 1. The highest BCUT2D eigenvalue weighted by Crippen LogP contribution is 2.29. The van der Waals surface area contributed by atoms with Crippen molar-refractivity contribution in [3.63, 3.8) is 0 Å². The van der Waals surface area contributed by atoms with E-state index in [2.05, 4.69) is 28.6 Å². The van der Waals surface area contributed by atoms with E-state index in [0.29, 0.717) is 11.4 Å². The standard InChI is InChI=1S/C16H23ClN4O2S/c1-6-21(7-2)13-8-9-14(11(3)10-13)19-24(22,23)15-12(4)18-20(5)16(15)17/h8-10,19H,6-7H2,1-5H3. The zero-order valence-electron chi connectivity index (χ0n) is 14.6. The van der Waals surface area contributed by atoms with Gasteiger partial charge < -0.3 is 4.90 Å². The molecule has 0 bridgehead atoms. The van der Waals surface area contributed by atoms with Gasteiger partial charge in [-0.3, -0.25) is 9.40 Å².